The fourth-order valence-electron chi connectivity index (χ4n) is 2.09. The molecule has 0 saturated heterocycles. The van der Waals surface area contributed by atoms with Gasteiger partial charge >= 0.3 is 0 Å². The van der Waals surface area contributed by atoms with Gasteiger partial charge < -0.3 is 10.6 Å². The van der Waals surface area contributed by atoms with E-state index in [0.717, 1.165) is 18.9 Å². The lowest BCUT2D eigenvalue weighted by Gasteiger charge is -2.19. The first-order chi connectivity index (χ1) is 6.65. The topological polar surface area (TPSA) is 41.1 Å². The second-order valence-electron chi connectivity index (χ2n) is 4.44. The monoisotopic (exact) mass is 198 g/mol. The smallest absolute Gasteiger partial charge is 0.221 e. The van der Waals surface area contributed by atoms with Crippen LogP contribution in [0.15, 0.2) is 0 Å². The van der Waals surface area contributed by atoms with Crippen molar-refractivity contribution in [3.63, 3.8) is 0 Å². The summed E-state index contributed by atoms with van der Waals surface area (Å²) in [5, 5.41) is 6.10. The maximum Gasteiger partial charge on any atom is 0.221 e. The Bertz CT molecular complexity index is 194. The molecule has 82 valence electrons. The standard InChI is InChI=1S/C11H22N2O/c1-8-4-5-10(9(8)2)13-11(14)6-7-12-3/h8-10,12H,4-7H2,1-3H3,(H,13,14). The van der Waals surface area contributed by atoms with Gasteiger partial charge in [0.1, 0.15) is 0 Å². The van der Waals surface area contributed by atoms with Crippen molar-refractivity contribution >= 4 is 5.91 Å². The van der Waals surface area contributed by atoms with Crippen LogP contribution in [0.5, 0.6) is 0 Å². The number of hydrogen-bond acceptors (Lipinski definition) is 2. The molecule has 2 N–H and O–H groups in total. The molecule has 1 amide bonds. The molecule has 0 aromatic rings. The normalized spacial score (nSPS) is 31.8. The van der Waals surface area contributed by atoms with E-state index in [1.165, 1.54) is 6.42 Å². The van der Waals surface area contributed by atoms with Crippen molar-refractivity contribution in [1.82, 2.24) is 10.6 Å². The predicted octanol–water partition coefficient (Wildman–Crippen LogP) is 1.15. The molecular weight excluding hydrogens is 176 g/mol. The van der Waals surface area contributed by atoms with Gasteiger partial charge in [0.2, 0.25) is 5.91 Å². The van der Waals surface area contributed by atoms with E-state index < -0.39 is 0 Å². The van der Waals surface area contributed by atoms with E-state index in [1.807, 2.05) is 7.05 Å². The molecule has 0 aromatic carbocycles. The molecule has 1 aliphatic rings. The van der Waals surface area contributed by atoms with Crippen LogP contribution in [0.2, 0.25) is 0 Å². The number of amides is 1. The highest BCUT2D eigenvalue weighted by Gasteiger charge is 2.30. The first kappa shape index (κ1) is 11.5. The van der Waals surface area contributed by atoms with Crippen LogP contribution in [-0.4, -0.2) is 25.5 Å². The SMILES string of the molecule is CNCCC(=O)NC1CCC(C)C1C. The molecule has 0 aliphatic heterocycles. The first-order valence-corrected chi connectivity index (χ1v) is 5.59. The van der Waals surface area contributed by atoms with Crippen LogP contribution in [-0.2, 0) is 4.79 Å². The van der Waals surface area contributed by atoms with E-state index in [4.69, 9.17) is 0 Å². The van der Waals surface area contributed by atoms with E-state index in [9.17, 15) is 4.79 Å². The van der Waals surface area contributed by atoms with Crippen molar-refractivity contribution < 1.29 is 4.79 Å². The van der Waals surface area contributed by atoms with Crippen molar-refractivity contribution in [2.24, 2.45) is 11.8 Å². The second-order valence-corrected chi connectivity index (χ2v) is 4.44. The third-order valence-corrected chi connectivity index (χ3v) is 3.41. The summed E-state index contributed by atoms with van der Waals surface area (Å²) >= 11 is 0. The second kappa shape index (κ2) is 5.35. The number of carbonyl (C=O) groups excluding carboxylic acids is 1. The zero-order valence-electron chi connectivity index (χ0n) is 9.47. The highest BCUT2D eigenvalue weighted by Crippen LogP contribution is 2.30. The van der Waals surface area contributed by atoms with Crippen LogP contribution in [0.4, 0.5) is 0 Å². The average molecular weight is 198 g/mol. The minimum Gasteiger partial charge on any atom is -0.353 e. The Morgan fingerprint density at radius 2 is 2.07 bits per heavy atom. The van der Waals surface area contributed by atoms with Crippen LogP contribution in [0.25, 0.3) is 0 Å². The summed E-state index contributed by atoms with van der Waals surface area (Å²) in [6.07, 6.45) is 2.99. The summed E-state index contributed by atoms with van der Waals surface area (Å²) in [5.74, 6) is 1.57. The highest BCUT2D eigenvalue weighted by atomic mass is 16.1. The molecule has 0 heterocycles. The molecule has 3 unspecified atom stereocenters. The summed E-state index contributed by atoms with van der Waals surface area (Å²) in [6, 6.07) is 0.411. The minimum absolute atomic E-state index is 0.185. The Labute approximate surface area is 86.6 Å². The molecular formula is C11H22N2O. The average Bonchev–Trinajstić information content (AvgIpc) is 2.46. The van der Waals surface area contributed by atoms with Crippen LogP contribution in [0.3, 0.4) is 0 Å². The maximum absolute atomic E-state index is 11.5. The zero-order chi connectivity index (χ0) is 10.6. The summed E-state index contributed by atoms with van der Waals surface area (Å²) in [5.41, 5.74) is 0. The Hall–Kier alpha value is -0.570. The van der Waals surface area contributed by atoms with Gasteiger partial charge in [-0.25, -0.2) is 0 Å². The molecule has 0 aromatic heterocycles. The number of nitrogens with one attached hydrogen (secondary N) is 2. The Balaban J connectivity index is 2.27. The molecule has 0 spiro atoms. The van der Waals surface area contributed by atoms with E-state index in [1.54, 1.807) is 0 Å². The summed E-state index contributed by atoms with van der Waals surface area (Å²) in [7, 11) is 1.87. The van der Waals surface area contributed by atoms with Crippen LogP contribution in [0.1, 0.15) is 33.1 Å². The summed E-state index contributed by atoms with van der Waals surface area (Å²) in [6.45, 7) is 5.27. The largest absolute Gasteiger partial charge is 0.353 e. The van der Waals surface area contributed by atoms with Crippen molar-refractivity contribution in [3.8, 4) is 0 Å². The molecule has 3 nitrogen and oxygen atoms in total. The van der Waals surface area contributed by atoms with Crippen LogP contribution in [0, 0.1) is 11.8 Å². The van der Waals surface area contributed by atoms with E-state index >= 15 is 0 Å². The predicted molar refractivity (Wildman–Crippen MR) is 58.0 cm³/mol. The number of carbonyl (C=O) groups is 1. The van der Waals surface area contributed by atoms with Gasteiger partial charge in [-0.1, -0.05) is 13.8 Å². The van der Waals surface area contributed by atoms with Gasteiger partial charge in [-0.05, 0) is 31.7 Å². The fourth-order valence-corrected chi connectivity index (χ4v) is 2.09. The van der Waals surface area contributed by atoms with Gasteiger partial charge in [-0.2, -0.15) is 0 Å². The minimum atomic E-state index is 0.185. The lowest BCUT2D eigenvalue weighted by molar-refractivity contribution is -0.121. The molecule has 0 bridgehead atoms. The molecule has 1 aliphatic carbocycles. The maximum atomic E-state index is 11.5. The molecule has 14 heavy (non-hydrogen) atoms. The quantitative estimate of drug-likeness (QED) is 0.711. The van der Waals surface area contributed by atoms with Gasteiger partial charge in [-0.15, -0.1) is 0 Å². The zero-order valence-corrected chi connectivity index (χ0v) is 9.47. The Morgan fingerprint density at radius 1 is 1.36 bits per heavy atom. The lowest BCUT2D eigenvalue weighted by atomic mass is 9.98. The Kier molecular flexibility index (Phi) is 4.39. The molecule has 3 atom stereocenters. The molecule has 1 rings (SSSR count). The first-order valence-electron chi connectivity index (χ1n) is 5.59. The molecule has 3 heteroatoms. The van der Waals surface area contributed by atoms with Crippen molar-refractivity contribution in [1.29, 1.82) is 0 Å². The van der Waals surface area contributed by atoms with Gasteiger partial charge in [-0.3, -0.25) is 4.79 Å². The third kappa shape index (κ3) is 2.98. The van der Waals surface area contributed by atoms with Crippen molar-refractivity contribution in [3.05, 3.63) is 0 Å². The van der Waals surface area contributed by atoms with Crippen LogP contribution < -0.4 is 10.6 Å². The summed E-state index contributed by atoms with van der Waals surface area (Å²) in [4.78, 5) is 11.5. The molecule has 1 saturated carbocycles. The Morgan fingerprint density at radius 3 is 2.57 bits per heavy atom. The van der Waals surface area contributed by atoms with Gasteiger partial charge in [0.25, 0.3) is 0 Å². The highest BCUT2D eigenvalue weighted by molar-refractivity contribution is 5.76. The molecule has 1 fully saturated rings. The van der Waals surface area contributed by atoms with Crippen molar-refractivity contribution in [2.45, 2.75) is 39.2 Å². The summed E-state index contributed by atoms with van der Waals surface area (Å²) < 4.78 is 0. The van der Waals surface area contributed by atoms with Gasteiger partial charge in [0, 0.05) is 19.0 Å². The third-order valence-electron chi connectivity index (χ3n) is 3.41. The fraction of sp³-hybridized carbons (Fsp3) is 0.909. The lowest BCUT2D eigenvalue weighted by Crippen LogP contribution is -2.38. The van der Waals surface area contributed by atoms with E-state index in [0.29, 0.717) is 18.4 Å². The van der Waals surface area contributed by atoms with Crippen molar-refractivity contribution in [2.75, 3.05) is 13.6 Å². The van der Waals surface area contributed by atoms with Gasteiger partial charge in [0.05, 0.1) is 0 Å². The van der Waals surface area contributed by atoms with E-state index in [-0.39, 0.29) is 5.91 Å². The number of hydrogen-bond donors (Lipinski definition) is 2. The number of rotatable bonds is 4. The van der Waals surface area contributed by atoms with Crippen LogP contribution >= 0.6 is 0 Å². The van der Waals surface area contributed by atoms with Gasteiger partial charge in [0.15, 0.2) is 0 Å². The van der Waals surface area contributed by atoms with E-state index in [2.05, 4.69) is 24.5 Å². The molecule has 0 radical (unpaired) electrons.